The molecule has 112 valence electrons. The lowest BCUT2D eigenvalue weighted by Gasteiger charge is -2.16. The molecular weight excluding hydrogens is 271 g/mol. The van der Waals surface area contributed by atoms with Gasteiger partial charge in [0.05, 0.1) is 20.3 Å². The van der Waals surface area contributed by atoms with E-state index in [9.17, 15) is 9.50 Å². The van der Waals surface area contributed by atoms with Crippen LogP contribution in [0, 0.1) is 12.7 Å². The van der Waals surface area contributed by atoms with E-state index in [4.69, 9.17) is 9.47 Å². The van der Waals surface area contributed by atoms with Crippen LogP contribution in [0.2, 0.25) is 0 Å². The summed E-state index contributed by atoms with van der Waals surface area (Å²) in [6.45, 7) is 1.95. The first-order valence-electron chi connectivity index (χ1n) is 6.70. The van der Waals surface area contributed by atoms with E-state index in [1.54, 1.807) is 19.2 Å². The Morgan fingerprint density at radius 3 is 2.33 bits per heavy atom. The second-order valence-corrected chi connectivity index (χ2v) is 4.93. The van der Waals surface area contributed by atoms with Crippen LogP contribution in [0.5, 0.6) is 11.5 Å². The van der Waals surface area contributed by atoms with E-state index in [0.29, 0.717) is 23.3 Å². The predicted molar refractivity (Wildman–Crippen MR) is 79.3 cm³/mol. The Kier molecular flexibility index (Phi) is 4.81. The van der Waals surface area contributed by atoms with Gasteiger partial charge in [-0.1, -0.05) is 17.7 Å². The lowest BCUT2D eigenvalue weighted by Crippen LogP contribution is -2.05. The Morgan fingerprint density at radius 2 is 1.71 bits per heavy atom. The number of aryl methyl sites for hydroxylation is 1. The van der Waals surface area contributed by atoms with Gasteiger partial charge in [-0.05, 0) is 36.8 Å². The second-order valence-electron chi connectivity index (χ2n) is 4.93. The number of methoxy groups -OCH3 is 2. The van der Waals surface area contributed by atoms with Gasteiger partial charge in [0.1, 0.15) is 5.75 Å². The Balaban J connectivity index is 2.23. The van der Waals surface area contributed by atoms with E-state index in [1.807, 2.05) is 25.1 Å². The van der Waals surface area contributed by atoms with Crippen molar-refractivity contribution in [2.45, 2.75) is 19.4 Å². The number of halogens is 1. The molecule has 0 bridgehead atoms. The smallest absolute Gasteiger partial charge is 0.165 e. The number of hydrogen-bond acceptors (Lipinski definition) is 3. The standard InChI is InChI=1S/C17H19FO3/c1-11-4-6-16(20-2)13(8-11)15(19)10-12-5-7-17(21-3)14(18)9-12/h4-9,15,19H,10H2,1-3H3. The molecule has 0 heterocycles. The number of benzene rings is 2. The van der Waals surface area contributed by atoms with E-state index >= 15 is 0 Å². The highest BCUT2D eigenvalue weighted by Gasteiger charge is 2.15. The largest absolute Gasteiger partial charge is 0.496 e. The Bertz CT molecular complexity index is 625. The molecule has 0 aliphatic heterocycles. The zero-order valence-corrected chi connectivity index (χ0v) is 12.4. The molecule has 0 aliphatic carbocycles. The molecular formula is C17H19FO3. The Labute approximate surface area is 124 Å². The molecule has 0 fully saturated rings. The van der Waals surface area contributed by atoms with E-state index in [-0.39, 0.29) is 5.75 Å². The summed E-state index contributed by atoms with van der Waals surface area (Å²) in [5, 5.41) is 10.4. The SMILES string of the molecule is COc1ccc(CC(O)c2cc(C)ccc2OC)cc1F. The summed E-state index contributed by atoms with van der Waals surface area (Å²) in [4.78, 5) is 0. The van der Waals surface area contributed by atoms with Gasteiger partial charge in [-0.25, -0.2) is 4.39 Å². The second kappa shape index (κ2) is 6.59. The number of hydrogen-bond donors (Lipinski definition) is 1. The summed E-state index contributed by atoms with van der Waals surface area (Å²) in [6.07, 6.45) is -0.451. The number of rotatable bonds is 5. The van der Waals surface area contributed by atoms with Crippen molar-refractivity contribution >= 4 is 0 Å². The molecule has 1 N–H and O–H groups in total. The van der Waals surface area contributed by atoms with Gasteiger partial charge in [-0.3, -0.25) is 0 Å². The van der Waals surface area contributed by atoms with E-state index in [0.717, 1.165) is 5.56 Å². The first-order valence-corrected chi connectivity index (χ1v) is 6.70. The summed E-state index contributed by atoms with van der Waals surface area (Å²) in [7, 11) is 2.98. The highest BCUT2D eigenvalue weighted by Crippen LogP contribution is 2.29. The number of aliphatic hydroxyl groups is 1. The first kappa shape index (κ1) is 15.3. The van der Waals surface area contributed by atoms with Gasteiger partial charge in [0.15, 0.2) is 11.6 Å². The van der Waals surface area contributed by atoms with Crippen molar-refractivity contribution in [2.75, 3.05) is 14.2 Å². The van der Waals surface area contributed by atoms with Gasteiger partial charge in [-0.2, -0.15) is 0 Å². The van der Waals surface area contributed by atoms with E-state index in [2.05, 4.69) is 0 Å². The molecule has 2 rings (SSSR count). The van der Waals surface area contributed by atoms with Gasteiger partial charge < -0.3 is 14.6 Å². The monoisotopic (exact) mass is 290 g/mol. The van der Waals surface area contributed by atoms with Crippen molar-refractivity contribution in [2.24, 2.45) is 0 Å². The highest BCUT2D eigenvalue weighted by atomic mass is 19.1. The van der Waals surface area contributed by atoms with E-state index in [1.165, 1.54) is 13.2 Å². The zero-order chi connectivity index (χ0) is 15.4. The van der Waals surface area contributed by atoms with Crippen LogP contribution in [0.15, 0.2) is 36.4 Å². The van der Waals surface area contributed by atoms with Crippen LogP contribution >= 0.6 is 0 Å². The number of aliphatic hydroxyl groups excluding tert-OH is 1. The third-order valence-corrected chi connectivity index (χ3v) is 3.39. The van der Waals surface area contributed by atoms with Crippen molar-refractivity contribution in [3.63, 3.8) is 0 Å². The average molecular weight is 290 g/mol. The third kappa shape index (κ3) is 3.52. The van der Waals surface area contributed by atoms with Crippen molar-refractivity contribution in [3.05, 3.63) is 58.9 Å². The molecule has 2 aromatic carbocycles. The lowest BCUT2D eigenvalue weighted by atomic mass is 9.99. The molecule has 0 amide bonds. The maximum atomic E-state index is 13.7. The van der Waals surface area contributed by atoms with Gasteiger partial charge >= 0.3 is 0 Å². The Hall–Kier alpha value is -2.07. The third-order valence-electron chi connectivity index (χ3n) is 3.39. The van der Waals surface area contributed by atoms with Crippen LogP contribution in [0.1, 0.15) is 22.8 Å². The normalized spacial score (nSPS) is 12.0. The highest BCUT2D eigenvalue weighted by molar-refractivity contribution is 5.39. The van der Waals surface area contributed by atoms with Crippen molar-refractivity contribution < 1.29 is 19.0 Å². The van der Waals surface area contributed by atoms with Crippen LogP contribution in [0.25, 0.3) is 0 Å². The molecule has 21 heavy (non-hydrogen) atoms. The minimum Gasteiger partial charge on any atom is -0.496 e. The van der Waals surface area contributed by atoms with Gasteiger partial charge in [-0.15, -0.1) is 0 Å². The molecule has 1 unspecified atom stereocenters. The quantitative estimate of drug-likeness (QED) is 0.917. The van der Waals surface area contributed by atoms with Crippen LogP contribution in [0.4, 0.5) is 4.39 Å². The minimum absolute atomic E-state index is 0.196. The molecule has 0 saturated carbocycles. The fraction of sp³-hybridized carbons (Fsp3) is 0.294. The minimum atomic E-state index is -0.757. The van der Waals surface area contributed by atoms with Crippen LogP contribution in [-0.4, -0.2) is 19.3 Å². The molecule has 1 atom stereocenters. The molecule has 0 saturated heterocycles. The van der Waals surface area contributed by atoms with Crippen molar-refractivity contribution in [3.8, 4) is 11.5 Å². The first-order chi connectivity index (χ1) is 10.0. The molecule has 2 aromatic rings. The fourth-order valence-electron chi connectivity index (χ4n) is 2.28. The summed E-state index contributed by atoms with van der Waals surface area (Å²) < 4.78 is 23.8. The fourth-order valence-corrected chi connectivity index (χ4v) is 2.28. The number of ether oxygens (including phenoxy) is 2. The van der Waals surface area contributed by atoms with Gasteiger partial charge in [0.25, 0.3) is 0 Å². The van der Waals surface area contributed by atoms with E-state index < -0.39 is 11.9 Å². The van der Waals surface area contributed by atoms with Crippen molar-refractivity contribution in [1.82, 2.24) is 0 Å². The lowest BCUT2D eigenvalue weighted by molar-refractivity contribution is 0.174. The topological polar surface area (TPSA) is 38.7 Å². The van der Waals surface area contributed by atoms with Gasteiger partial charge in [0.2, 0.25) is 0 Å². The molecule has 0 aliphatic rings. The maximum Gasteiger partial charge on any atom is 0.165 e. The summed E-state index contributed by atoms with van der Waals surface area (Å²) in [6, 6.07) is 10.3. The molecule has 0 spiro atoms. The van der Waals surface area contributed by atoms with Crippen molar-refractivity contribution in [1.29, 1.82) is 0 Å². The summed E-state index contributed by atoms with van der Waals surface area (Å²) in [5.74, 6) is 0.391. The predicted octanol–water partition coefficient (Wildman–Crippen LogP) is 3.43. The zero-order valence-electron chi connectivity index (χ0n) is 12.4. The molecule has 0 aromatic heterocycles. The average Bonchev–Trinajstić information content (AvgIpc) is 2.47. The Morgan fingerprint density at radius 1 is 1.05 bits per heavy atom. The molecule has 3 nitrogen and oxygen atoms in total. The van der Waals surface area contributed by atoms with Gasteiger partial charge in [0, 0.05) is 12.0 Å². The summed E-state index contributed by atoms with van der Waals surface area (Å²) in [5.41, 5.74) is 2.43. The summed E-state index contributed by atoms with van der Waals surface area (Å²) >= 11 is 0. The molecule has 0 radical (unpaired) electrons. The maximum absolute atomic E-state index is 13.7. The molecule has 4 heteroatoms. The van der Waals surface area contributed by atoms with Crippen LogP contribution in [-0.2, 0) is 6.42 Å². The van der Waals surface area contributed by atoms with Crippen LogP contribution in [0.3, 0.4) is 0 Å². The van der Waals surface area contributed by atoms with Crippen LogP contribution < -0.4 is 9.47 Å².